The van der Waals surface area contributed by atoms with Crippen molar-refractivity contribution in [3.05, 3.63) is 89.6 Å². The molecule has 1 aliphatic rings. The molecule has 6 heteroatoms. The molecule has 0 atom stereocenters. The zero-order chi connectivity index (χ0) is 21.2. The summed E-state index contributed by atoms with van der Waals surface area (Å²) >= 11 is 0. The quantitative estimate of drug-likeness (QED) is 0.492. The molecule has 0 unspecified atom stereocenters. The van der Waals surface area contributed by atoms with Crippen molar-refractivity contribution in [3.63, 3.8) is 0 Å². The van der Waals surface area contributed by atoms with E-state index < -0.39 is 5.97 Å². The Morgan fingerprint density at radius 3 is 2.74 bits per heavy atom. The number of carboxylic acids is 1. The van der Waals surface area contributed by atoms with Gasteiger partial charge >= 0.3 is 5.97 Å². The number of aromatic nitrogens is 2. The number of carboxylic acid groups (broad SMARTS) is 1. The molecule has 1 aromatic carbocycles. The van der Waals surface area contributed by atoms with Crippen molar-refractivity contribution in [1.29, 1.82) is 0 Å². The van der Waals surface area contributed by atoms with Gasteiger partial charge in [-0.15, -0.1) is 0 Å². The highest BCUT2D eigenvalue weighted by Gasteiger charge is 2.24. The fraction of sp³-hybridized carbons (Fsp3) is 0.280. The molecule has 4 heterocycles. The van der Waals surface area contributed by atoms with Crippen molar-refractivity contribution < 1.29 is 14.3 Å². The average Bonchev–Trinajstić information content (AvgIpc) is 3.43. The third-order valence-electron chi connectivity index (χ3n) is 6.21. The van der Waals surface area contributed by atoms with Crippen LogP contribution in [0.4, 0.5) is 0 Å². The number of fused-ring (bicyclic) bond motifs is 1. The van der Waals surface area contributed by atoms with E-state index in [1.54, 1.807) is 24.7 Å². The van der Waals surface area contributed by atoms with Gasteiger partial charge in [0.15, 0.2) is 0 Å². The molecule has 0 bridgehead atoms. The first-order valence-electron chi connectivity index (χ1n) is 10.7. The molecule has 0 saturated carbocycles. The van der Waals surface area contributed by atoms with Crippen LogP contribution in [-0.2, 0) is 13.1 Å². The molecule has 0 radical (unpaired) electrons. The summed E-state index contributed by atoms with van der Waals surface area (Å²) < 4.78 is 7.45. The number of hydrogen-bond donors (Lipinski definition) is 1. The first-order valence-corrected chi connectivity index (χ1v) is 10.7. The fourth-order valence-electron chi connectivity index (χ4n) is 4.64. The molecular weight excluding hydrogens is 390 g/mol. The van der Waals surface area contributed by atoms with Crippen LogP contribution in [0.1, 0.15) is 45.8 Å². The molecule has 1 N–H and O–H groups in total. The third kappa shape index (κ3) is 4.11. The van der Waals surface area contributed by atoms with Crippen LogP contribution < -0.4 is 0 Å². The SMILES string of the molecule is O=C(O)c1cccc(CN2CCC(c3cn(Cc4ccoc4)c4ncccc34)CC2)c1. The Morgan fingerprint density at radius 2 is 1.97 bits per heavy atom. The van der Waals surface area contributed by atoms with E-state index in [2.05, 4.69) is 26.7 Å². The van der Waals surface area contributed by atoms with Crippen molar-refractivity contribution in [2.45, 2.75) is 31.8 Å². The lowest BCUT2D eigenvalue weighted by Gasteiger charge is -2.32. The highest BCUT2D eigenvalue weighted by atomic mass is 16.4. The molecule has 158 valence electrons. The summed E-state index contributed by atoms with van der Waals surface area (Å²) in [6.45, 7) is 3.54. The average molecular weight is 415 g/mol. The summed E-state index contributed by atoms with van der Waals surface area (Å²) in [6.07, 6.45) is 9.77. The van der Waals surface area contributed by atoms with E-state index in [4.69, 9.17) is 4.42 Å². The second-order valence-electron chi connectivity index (χ2n) is 8.27. The number of aromatic carboxylic acids is 1. The molecule has 0 amide bonds. The van der Waals surface area contributed by atoms with Crippen molar-refractivity contribution in [2.75, 3.05) is 13.1 Å². The Hall–Kier alpha value is -3.38. The van der Waals surface area contributed by atoms with Gasteiger partial charge < -0.3 is 14.1 Å². The highest BCUT2D eigenvalue weighted by Crippen LogP contribution is 2.34. The second kappa shape index (κ2) is 8.40. The number of carbonyl (C=O) groups is 1. The van der Waals surface area contributed by atoms with E-state index in [1.165, 1.54) is 10.9 Å². The molecule has 1 aliphatic heterocycles. The van der Waals surface area contributed by atoms with Crippen LogP contribution in [0.3, 0.4) is 0 Å². The molecule has 31 heavy (non-hydrogen) atoms. The number of hydrogen-bond acceptors (Lipinski definition) is 4. The second-order valence-corrected chi connectivity index (χ2v) is 8.27. The van der Waals surface area contributed by atoms with Crippen molar-refractivity contribution in [3.8, 4) is 0 Å². The Labute approximate surface area is 180 Å². The maximum absolute atomic E-state index is 11.2. The normalized spacial score (nSPS) is 15.5. The van der Waals surface area contributed by atoms with Crippen LogP contribution in [-0.4, -0.2) is 38.6 Å². The van der Waals surface area contributed by atoms with E-state index in [9.17, 15) is 9.90 Å². The van der Waals surface area contributed by atoms with Crippen LogP contribution in [0.15, 0.2) is 71.8 Å². The van der Waals surface area contributed by atoms with E-state index >= 15 is 0 Å². The number of nitrogens with zero attached hydrogens (tertiary/aromatic N) is 3. The van der Waals surface area contributed by atoms with Gasteiger partial charge in [0.05, 0.1) is 24.6 Å². The fourth-order valence-corrected chi connectivity index (χ4v) is 4.64. The molecule has 6 nitrogen and oxygen atoms in total. The summed E-state index contributed by atoms with van der Waals surface area (Å²) in [7, 11) is 0. The largest absolute Gasteiger partial charge is 0.478 e. The van der Waals surface area contributed by atoms with E-state index in [0.29, 0.717) is 11.5 Å². The van der Waals surface area contributed by atoms with Gasteiger partial charge in [-0.25, -0.2) is 9.78 Å². The van der Waals surface area contributed by atoms with Gasteiger partial charge in [0, 0.05) is 29.9 Å². The topological polar surface area (TPSA) is 71.5 Å². The summed E-state index contributed by atoms with van der Waals surface area (Å²) in [6, 6.07) is 13.4. The Kier molecular flexibility index (Phi) is 5.30. The first-order chi connectivity index (χ1) is 15.2. The van der Waals surface area contributed by atoms with Crippen molar-refractivity contribution in [1.82, 2.24) is 14.5 Å². The number of rotatable bonds is 6. The summed E-state index contributed by atoms with van der Waals surface area (Å²) in [5.74, 6) is -0.375. The molecular formula is C25H25N3O3. The first kappa shape index (κ1) is 19.6. The standard InChI is InChI=1S/C25H25N3O3/c29-25(30)21-4-1-3-18(13-21)14-27-10-6-20(7-11-27)23-16-28(15-19-8-12-31-17-19)24-22(23)5-2-9-26-24/h1-5,8-9,12-13,16-17,20H,6-7,10-11,14-15H2,(H,29,30). The Morgan fingerprint density at radius 1 is 1.10 bits per heavy atom. The van der Waals surface area contributed by atoms with Gasteiger partial charge in [0.25, 0.3) is 0 Å². The van der Waals surface area contributed by atoms with Gasteiger partial charge in [-0.3, -0.25) is 4.90 Å². The maximum atomic E-state index is 11.2. The molecule has 1 fully saturated rings. The summed E-state index contributed by atoms with van der Waals surface area (Å²) in [4.78, 5) is 18.3. The molecule has 3 aromatic heterocycles. The number of pyridine rings is 1. The van der Waals surface area contributed by atoms with Crippen LogP contribution in [0, 0.1) is 0 Å². The van der Waals surface area contributed by atoms with Crippen LogP contribution in [0.25, 0.3) is 11.0 Å². The van der Waals surface area contributed by atoms with Crippen LogP contribution in [0.5, 0.6) is 0 Å². The van der Waals surface area contributed by atoms with Gasteiger partial charge in [-0.1, -0.05) is 12.1 Å². The van der Waals surface area contributed by atoms with E-state index in [1.807, 2.05) is 30.5 Å². The number of furan rings is 1. The summed E-state index contributed by atoms with van der Waals surface area (Å²) in [5.41, 5.74) is 4.93. The molecule has 0 aliphatic carbocycles. The Bertz CT molecular complexity index is 1190. The lowest BCUT2D eigenvalue weighted by atomic mass is 9.89. The predicted octanol–water partition coefficient (Wildman–Crippen LogP) is 4.76. The zero-order valence-electron chi connectivity index (χ0n) is 17.3. The molecule has 5 rings (SSSR count). The monoisotopic (exact) mass is 415 g/mol. The van der Waals surface area contributed by atoms with Gasteiger partial charge in [-0.2, -0.15) is 0 Å². The maximum Gasteiger partial charge on any atom is 0.335 e. The minimum absolute atomic E-state index is 0.352. The van der Waals surface area contributed by atoms with Gasteiger partial charge in [0.2, 0.25) is 0 Å². The lowest BCUT2D eigenvalue weighted by molar-refractivity contribution is 0.0696. The minimum atomic E-state index is -0.874. The summed E-state index contributed by atoms with van der Waals surface area (Å²) in [5, 5.41) is 10.5. The number of piperidine rings is 1. The minimum Gasteiger partial charge on any atom is -0.478 e. The van der Waals surface area contributed by atoms with E-state index in [0.717, 1.165) is 55.8 Å². The van der Waals surface area contributed by atoms with Crippen LogP contribution >= 0.6 is 0 Å². The van der Waals surface area contributed by atoms with Crippen molar-refractivity contribution in [2.24, 2.45) is 0 Å². The smallest absolute Gasteiger partial charge is 0.335 e. The number of benzene rings is 1. The predicted molar refractivity (Wildman–Crippen MR) is 118 cm³/mol. The van der Waals surface area contributed by atoms with Gasteiger partial charge in [-0.05, 0) is 73.3 Å². The molecule has 1 saturated heterocycles. The molecule has 4 aromatic rings. The van der Waals surface area contributed by atoms with Crippen molar-refractivity contribution >= 4 is 17.0 Å². The van der Waals surface area contributed by atoms with Gasteiger partial charge in [0.1, 0.15) is 5.65 Å². The highest BCUT2D eigenvalue weighted by molar-refractivity contribution is 5.87. The lowest BCUT2D eigenvalue weighted by Crippen LogP contribution is -2.32. The molecule has 0 spiro atoms. The zero-order valence-corrected chi connectivity index (χ0v) is 17.3. The number of likely N-dealkylation sites (tertiary alicyclic amines) is 1. The third-order valence-corrected chi connectivity index (χ3v) is 6.21. The van der Waals surface area contributed by atoms with E-state index in [-0.39, 0.29) is 0 Å². The Balaban J connectivity index is 1.30. The van der Waals surface area contributed by atoms with Crippen LogP contribution in [0.2, 0.25) is 0 Å².